The van der Waals surface area contributed by atoms with Gasteiger partial charge in [0.2, 0.25) is 5.43 Å². The Labute approximate surface area is 182 Å². The molecule has 1 fully saturated rings. The molecule has 2 aromatic carbocycles. The number of fused-ring (bicyclic) bond motifs is 2. The van der Waals surface area contributed by atoms with Crippen LogP contribution in [0, 0.1) is 0 Å². The third kappa shape index (κ3) is 3.44. The normalized spacial score (nSPS) is 18.1. The summed E-state index contributed by atoms with van der Waals surface area (Å²) in [5.41, 5.74) is 2.57. The van der Waals surface area contributed by atoms with Crippen LogP contribution in [0.25, 0.3) is 22.0 Å². The van der Waals surface area contributed by atoms with E-state index in [-0.39, 0.29) is 34.3 Å². The Kier molecular flexibility index (Phi) is 4.97. The molecule has 1 aliphatic heterocycles. The third-order valence-electron chi connectivity index (χ3n) is 6.29. The van der Waals surface area contributed by atoms with Crippen LogP contribution in [0.4, 0.5) is 8.78 Å². The minimum absolute atomic E-state index is 0.0563. The van der Waals surface area contributed by atoms with Gasteiger partial charge in [-0.05, 0) is 67.6 Å². The number of benzene rings is 2. The van der Waals surface area contributed by atoms with Crippen LogP contribution in [0.15, 0.2) is 41.3 Å². The van der Waals surface area contributed by atoms with Crippen molar-refractivity contribution in [2.45, 2.75) is 44.9 Å². The van der Waals surface area contributed by atoms with Crippen LogP contribution in [0.1, 0.15) is 53.3 Å². The van der Waals surface area contributed by atoms with E-state index in [1.807, 2.05) is 18.2 Å². The molecule has 3 aromatic rings. The van der Waals surface area contributed by atoms with E-state index in [1.54, 1.807) is 10.6 Å². The quantitative estimate of drug-likeness (QED) is 0.610. The number of ether oxygens (including phenoxy) is 1. The van der Waals surface area contributed by atoms with Gasteiger partial charge in [0, 0.05) is 23.8 Å². The Hall–Kier alpha value is -3.26. The predicted octanol–water partition coefficient (Wildman–Crippen LogP) is 4.51. The van der Waals surface area contributed by atoms with Crippen LogP contribution in [0.3, 0.4) is 0 Å². The zero-order valence-electron chi connectivity index (χ0n) is 17.4. The number of carboxylic acid groups (broad SMARTS) is 1. The van der Waals surface area contributed by atoms with E-state index >= 15 is 0 Å². The number of alkyl halides is 2. The zero-order chi connectivity index (χ0) is 22.6. The van der Waals surface area contributed by atoms with Gasteiger partial charge in [0.15, 0.2) is 5.75 Å². The summed E-state index contributed by atoms with van der Waals surface area (Å²) in [6.45, 7) is -0.167. The number of pyridine rings is 1. The SMILES string of the molecule is C[C@H]1NCCc2ccc(-c3ccc4c(=O)c(C(=O)O)cn(C5CC5)c4c3OC(F)F)cc21. The largest absolute Gasteiger partial charge is 0.477 e. The van der Waals surface area contributed by atoms with E-state index in [4.69, 9.17) is 4.74 Å². The summed E-state index contributed by atoms with van der Waals surface area (Å²) < 4.78 is 33.7. The van der Waals surface area contributed by atoms with Gasteiger partial charge in [0.1, 0.15) is 5.56 Å². The highest BCUT2D eigenvalue weighted by atomic mass is 19.3. The van der Waals surface area contributed by atoms with Crippen LogP contribution in [0.5, 0.6) is 5.75 Å². The average molecular weight is 440 g/mol. The van der Waals surface area contributed by atoms with Crippen LogP contribution in [-0.4, -0.2) is 28.8 Å². The Morgan fingerprint density at radius 2 is 2.03 bits per heavy atom. The highest BCUT2D eigenvalue weighted by molar-refractivity contribution is 5.97. The molecule has 0 saturated heterocycles. The van der Waals surface area contributed by atoms with Gasteiger partial charge in [0.25, 0.3) is 0 Å². The smallest absolute Gasteiger partial charge is 0.387 e. The van der Waals surface area contributed by atoms with Crippen molar-refractivity contribution in [2.75, 3.05) is 6.54 Å². The van der Waals surface area contributed by atoms with Crippen LogP contribution in [-0.2, 0) is 6.42 Å². The van der Waals surface area contributed by atoms with Gasteiger partial charge in [-0.2, -0.15) is 8.78 Å². The first-order valence-electron chi connectivity index (χ1n) is 10.6. The minimum atomic E-state index is -3.10. The lowest BCUT2D eigenvalue weighted by Crippen LogP contribution is -2.27. The summed E-state index contributed by atoms with van der Waals surface area (Å²) in [6.07, 6.45) is 3.69. The molecule has 1 atom stereocenters. The van der Waals surface area contributed by atoms with Crippen LogP contribution < -0.4 is 15.5 Å². The number of nitrogens with zero attached hydrogens (tertiary/aromatic N) is 1. The molecule has 1 aliphatic carbocycles. The molecule has 2 heterocycles. The number of aromatic nitrogens is 1. The van der Waals surface area contributed by atoms with Crippen molar-refractivity contribution in [3.05, 3.63) is 63.4 Å². The number of hydrogen-bond acceptors (Lipinski definition) is 4. The van der Waals surface area contributed by atoms with Crippen molar-refractivity contribution in [3.63, 3.8) is 0 Å². The van der Waals surface area contributed by atoms with E-state index in [1.165, 1.54) is 17.8 Å². The van der Waals surface area contributed by atoms with Crippen molar-refractivity contribution in [2.24, 2.45) is 0 Å². The van der Waals surface area contributed by atoms with E-state index in [2.05, 4.69) is 12.2 Å². The molecule has 0 unspecified atom stereocenters. The fourth-order valence-corrected chi connectivity index (χ4v) is 4.57. The first-order valence-corrected chi connectivity index (χ1v) is 10.6. The number of hydrogen-bond donors (Lipinski definition) is 2. The molecule has 8 heteroatoms. The van der Waals surface area contributed by atoms with Gasteiger partial charge in [0.05, 0.1) is 10.9 Å². The molecule has 2 N–H and O–H groups in total. The second-order valence-electron chi connectivity index (χ2n) is 8.37. The molecule has 2 aliphatic rings. The summed E-state index contributed by atoms with van der Waals surface area (Å²) in [5, 5.41) is 12.9. The molecule has 0 radical (unpaired) electrons. The molecule has 166 valence electrons. The number of rotatable bonds is 5. The second-order valence-corrected chi connectivity index (χ2v) is 8.37. The monoisotopic (exact) mass is 440 g/mol. The molecule has 0 spiro atoms. The topological polar surface area (TPSA) is 80.6 Å². The van der Waals surface area contributed by atoms with Gasteiger partial charge in [-0.25, -0.2) is 4.79 Å². The highest BCUT2D eigenvalue weighted by Gasteiger charge is 2.30. The number of halogens is 2. The molecule has 0 amide bonds. The number of nitrogens with one attached hydrogen (secondary N) is 1. The first-order chi connectivity index (χ1) is 15.3. The standard InChI is InChI=1S/C24H22F2N2O4/c1-12-18-10-14(3-2-13(18)8-9-27-12)16-6-7-17-20(22(16)32-24(25)26)28(15-4-5-15)11-19(21(17)29)23(30)31/h2-3,6-7,10-12,15,24,27H,4-5,8-9H2,1H3,(H,30,31)/t12-/m1/s1. The minimum Gasteiger partial charge on any atom is -0.477 e. The lowest BCUT2D eigenvalue weighted by molar-refractivity contribution is -0.0486. The predicted molar refractivity (Wildman–Crippen MR) is 116 cm³/mol. The van der Waals surface area contributed by atoms with E-state index in [0.29, 0.717) is 11.1 Å². The molecular weight excluding hydrogens is 418 g/mol. The van der Waals surface area contributed by atoms with Crippen LogP contribution >= 0.6 is 0 Å². The fourth-order valence-electron chi connectivity index (χ4n) is 4.57. The van der Waals surface area contributed by atoms with E-state index in [0.717, 1.165) is 31.4 Å². The van der Waals surface area contributed by atoms with Crippen LogP contribution in [0.2, 0.25) is 0 Å². The van der Waals surface area contributed by atoms with Crippen molar-refractivity contribution < 1.29 is 23.4 Å². The first kappa shape index (κ1) is 20.6. The second kappa shape index (κ2) is 7.70. The Balaban J connectivity index is 1.80. The molecule has 5 rings (SSSR count). The van der Waals surface area contributed by atoms with Gasteiger partial charge in [-0.3, -0.25) is 4.79 Å². The molecule has 32 heavy (non-hydrogen) atoms. The van der Waals surface area contributed by atoms with Gasteiger partial charge < -0.3 is 19.7 Å². The summed E-state index contributed by atoms with van der Waals surface area (Å²) >= 11 is 0. The number of aromatic carboxylic acids is 1. The van der Waals surface area contributed by atoms with Crippen molar-refractivity contribution in [3.8, 4) is 16.9 Å². The maximum atomic E-state index is 13.5. The fraction of sp³-hybridized carbons (Fsp3) is 0.333. The summed E-state index contributed by atoms with van der Waals surface area (Å²) in [7, 11) is 0. The Bertz CT molecular complexity index is 1300. The number of carboxylic acids is 1. The third-order valence-corrected chi connectivity index (χ3v) is 6.29. The van der Waals surface area contributed by atoms with Gasteiger partial charge in [-0.15, -0.1) is 0 Å². The molecular formula is C24H22F2N2O4. The Morgan fingerprint density at radius 1 is 1.25 bits per heavy atom. The lowest BCUT2D eigenvalue weighted by Gasteiger charge is -2.25. The summed E-state index contributed by atoms with van der Waals surface area (Å²) in [5.74, 6) is -1.45. The molecule has 1 aromatic heterocycles. The highest BCUT2D eigenvalue weighted by Crippen LogP contribution is 2.43. The van der Waals surface area contributed by atoms with E-state index in [9.17, 15) is 23.5 Å². The summed E-state index contributed by atoms with van der Waals surface area (Å²) in [4.78, 5) is 24.4. The van der Waals surface area contributed by atoms with Gasteiger partial charge >= 0.3 is 12.6 Å². The average Bonchev–Trinajstić information content (AvgIpc) is 3.59. The van der Waals surface area contributed by atoms with Crippen molar-refractivity contribution >= 4 is 16.9 Å². The summed E-state index contributed by atoms with van der Waals surface area (Å²) in [6, 6.07) is 8.99. The number of carbonyl (C=O) groups is 1. The van der Waals surface area contributed by atoms with Gasteiger partial charge in [-0.1, -0.05) is 12.1 Å². The molecule has 1 saturated carbocycles. The molecule has 0 bridgehead atoms. The Morgan fingerprint density at radius 3 is 2.72 bits per heavy atom. The maximum Gasteiger partial charge on any atom is 0.387 e. The lowest BCUT2D eigenvalue weighted by atomic mass is 9.91. The van der Waals surface area contributed by atoms with E-state index < -0.39 is 18.0 Å². The van der Waals surface area contributed by atoms with Crippen molar-refractivity contribution in [1.29, 1.82) is 0 Å². The van der Waals surface area contributed by atoms with Crippen molar-refractivity contribution in [1.82, 2.24) is 9.88 Å². The zero-order valence-corrected chi connectivity index (χ0v) is 17.4. The molecule has 6 nitrogen and oxygen atoms in total. The maximum absolute atomic E-state index is 13.5.